The van der Waals surface area contributed by atoms with E-state index in [0.29, 0.717) is 5.92 Å². The van der Waals surface area contributed by atoms with Gasteiger partial charge in [-0.2, -0.15) is 8.42 Å². The Morgan fingerprint density at radius 2 is 2.00 bits per heavy atom. The van der Waals surface area contributed by atoms with E-state index in [1.54, 1.807) is 0 Å². The first kappa shape index (κ1) is 11.5. The monoisotopic (exact) mass is 259 g/mol. The van der Waals surface area contributed by atoms with E-state index in [4.69, 9.17) is 4.18 Å². The van der Waals surface area contributed by atoms with E-state index in [0.717, 1.165) is 31.9 Å². The van der Waals surface area contributed by atoms with Crippen molar-refractivity contribution in [1.82, 2.24) is 5.32 Å². The van der Waals surface area contributed by atoms with Crippen LogP contribution in [-0.2, 0) is 19.1 Å². The molecule has 5 atom stereocenters. The second-order valence-electron chi connectivity index (χ2n) is 5.65. The van der Waals surface area contributed by atoms with Crippen molar-refractivity contribution in [1.29, 1.82) is 0 Å². The summed E-state index contributed by atoms with van der Waals surface area (Å²) < 4.78 is 27.8. The lowest BCUT2D eigenvalue weighted by Gasteiger charge is -2.41. The lowest BCUT2D eigenvalue weighted by atomic mass is 9.66. The number of hydrogen-bond donors (Lipinski definition) is 1. The standard InChI is InChI=1S/C11H17NO4S/c1-17(14,15)16-10-7-2-6-3-8(5-7)12-11(13)9(10)4-6/h6-10H,2-5H2,1H3,(H,12,13)/t6?,7?,8?,9?,10-/m1/s1. The summed E-state index contributed by atoms with van der Waals surface area (Å²) in [5.74, 6) is 0.475. The summed E-state index contributed by atoms with van der Waals surface area (Å²) >= 11 is 0. The van der Waals surface area contributed by atoms with Crippen LogP contribution in [0.3, 0.4) is 0 Å². The molecule has 0 spiro atoms. The molecule has 1 N–H and O–H groups in total. The Morgan fingerprint density at radius 1 is 1.24 bits per heavy atom. The minimum absolute atomic E-state index is 0.0200. The fourth-order valence-electron chi connectivity index (χ4n) is 3.80. The molecule has 2 aliphatic heterocycles. The highest BCUT2D eigenvalue weighted by Crippen LogP contribution is 2.46. The molecular weight excluding hydrogens is 242 g/mol. The normalized spacial score (nSPS) is 44.5. The van der Waals surface area contributed by atoms with Gasteiger partial charge in [0, 0.05) is 6.04 Å². The van der Waals surface area contributed by atoms with E-state index in [-0.39, 0.29) is 23.8 Å². The Morgan fingerprint density at radius 3 is 2.71 bits per heavy atom. The molecule has 96 valence electrons. The fourth-order valence-corrected chi connectivity index (χ4v) is 4.49. The van der Waals surface area contributed by atoms with Gasteiger partial charge >= 0.3 is 0 Å². The van der Waals surface area contributed by atoms with Gasteiger partial charge in [-0.15, -0.1) is 0 Å². The van der Waals surface area contributed by atoms with Crippen LogP contribution in [-0.4, -0.2) is 32.7 Å². The first-order chi connectivity index (χ1) is 7.92. The minimum atomic E-state index is -3.49. The largest absolute Gasteiger partial charge is 0.353 e. The van der Waals surface area contributed by atoms with Crippen LogP contribution >= 0.6 is 0 Å². The average molecular weight is 259 g/mol. The van der Waals surface area contributed by atoms with Gasteiger partial charge in [-0.3, -0.25) is 8.98 Å². The average Bonchev–Trinajstić information content (AvgIpc) is 2.33. The summed E-state index contributed by atoms with van der Waals surface area (Å²) in [7, 11) is -3.49. The highest BCUT2D eigenvalue weighted by molar-refractivity contribution is 7.86. The molecule has 4 bridgehead atoms. The highest BCUT2D eigenvalue weighted by Gasteiger charge is 2.50. The van der Waals surface area contributed by atoms with Crippen LogP contribution in [0.25, 0.3) is 0 Å². The molecular formula is C11H17NO4S. The van der Waals surface area contributed by atoms with Crippen molar-refractivity contribution in [3.63, 3.8) is 0 Å². The predicted octanol–water partition coefficient (Wildman–Crippen LogP) is 0.266. The van der Waals surface area contributed by atoms with Crippen molar-refractivity contribution in [2.45, 2.75) is 37.8 Å². The van der Waals surface area contributed by atoms with Crippen molar-refractivity contribution in [2.75, 3.05) is 6.26 Å². The van der Waals surface area contributed by atoms with Crippen LogP contribution in [0.15, 0.2) is 0 Å². The summed E-state index contributed by atoms with van der Waals surface area (Å²) in [6.07, 6.45) is 4.31. The van der Waals surface area contributed by atoms with Crippen molar-refractivity contribution < 1.29 is 17.4 Å². The number of rotatable bonds is 2. The van der Waals surface area contributed by atoms with Crippen molar-refractivity contribution in [3.8, 4) is 0 Å². The Labute approximate surface area is 101 Å². The molecule has 2 saturated heterocycles. The van der Waals surface area contributed by atoms with E-state index < -0.39 is 16.2 Å². The van der Waals surface area contributed by atoms with Gasteiger partial charge in [0.1, 0.15) is 0 Å². The molecule has 6 heteroatoms. The van der Waals surface area contributed by atoms with Crippen molar-refractivity contribution >= 4 is 16.0 Å². The molecule has 2 saturated carbocycles. The first-order valence-corrected chi connectivity index (χ1v) is 7.92. The van der Waals surface area contributed by atoms with E-state index in [2.05, 4.69) is 5.32 Å². The molecule has 17 heavy (non-hydrogen) atoms. The number of amides is 1. The Bertz CT molecular complexity index is 446. The smallest absolute Gasteiger partial charge is 0.264 e. The number of hydrogen-bond acceptors (Lipinski definition) is 4. The maximum absolute atomic E-state index is 12.0. The van der Waals surface area contributed by atoms with Gasteiger partial charge in [0.15, 0.2) is 0 Å². The zero-order valence-corrected chi connectivity index (χ0v) is 10.6. The van der Waals surface area contributed by atoms with Crippen molar-refractivity contribution in [2.24, 2.45) is 17.8 Å². The van der Waals surface area contributed by atoms with Crippen LogP contribution in [0.2, 0.25) is 0 Å². The fraction of sp³-hybridized carbons (Fsp3) is 0.909. The van der Waals surface area contributed by atoms with Gasteiger partial charge in [0.05, 0.1) is 18.3 Å². The molecule has 4 aliphatic rings. The molecule has 0 aromatic heterocycles. The maximum Gasteiger partial charge on any atom is 0.264 e. The van der Waals surface area contributed by atoms with Gasteiger partial charge in [-0.05, 0) is 37.5 Å². The second kappa shape index (κ2) is 3.68. The van der Waals surface area contributed by atoms with Crippen LogP contribution < -0.4 is 5.32 Å². The quantitative estimate of drug-likeness (QED) is 0.722. The van der Waals surface area contributed by atoms with Gasteiger partial charge in [-0.1, -0.05) is 0 Å². The Hall–Kier alpha value is -0.620. The molecule has 2 heterocycles. The van der Waals surface area contributed by atoms with E-state index in [1.165, 1.54) is 0 Å². The molecule has 0 aromatic rings. The third kappa shape index (κ3) is 2.08. The summed E-state index contributed by atoms with van der Waals surface area (Å²) in [4.78, 5) is 12.0. The molecule has 4 rings (SSSR count). The topological polar surface area (TPSA) is 72.5 Å². The van der Waals surface area contributed by atoms with Crippen LogP contribution in [0.1, 0.15) is 25.7 Å². The first-order valence-electron chi connectivity index (χ1n) is 6.11. The zero-order valence-electron chi connectivity index (χ0n) is 9.76. The Balaban J connectivity index is 1.92. The zero-order chi connectivity index (χ0) is 12.2. The third-order valence-electron chi connectivity index (χ3n) is 4.26. The lowest BCUT2D eigenvalue weighted by molar-refractivity contribution is -0.129. The third-order valence-corrected chi connectivity index (χ3v) is 4.83. The van der Waals surface area contributed by atoms with Crippen LogP contribution in [0.5, 0.6) is 0 Å². The molecule has 5 nitrogen and oxygen atoms in total. The van der Waals surface area contributed by atoms with Gasteiger partial charge in [0.2, 0.25) is 5.91 Å². The SMILES string of the molecule is CS(=O)(=O)O[C@@H]1C2CC3CC(C2)NC(=O)C1C3. The summed E-state index contributed by atoms with van der Waals surface area (Å²) in [6, 6.07) is 0.226. The molecule has 4 unspecified atom stereocenters. The van der Waals surface area contributed by atoms with E-state index in [9.17, 15) is 13.2 Å². The number of carbonyl (C=O) groups is 1. The summed E-state index contributed by atoms with van der Waals surface area (Å²) in [5.41, 5.74) is 0. The number of carbonyl (C=O) groups excluding carboxylic acids is 1. The molecule has 1 amide bonds. The number of fused-ring (bicyclic) bond motifs is 1. The molecule has 4 fully saturated rings. The van der Waals surface area contributed by atoms with Gasteiger partial charge < -0.3 is 5.32 Å². The highest BCUT2D eigenvalue weighted by atomic mass is 32.2. The van der Waals surface area contributed by atoms with Gasteiger partial charge in [-0.25, -0.2) is 0 Å². The van der Waals surface area contributed by atoms with Crippen LogP contribution in [0, 0.1) is 17.8 Å². The van der Waals surface area contributed by atoms with E-state index >= 15 is 0 Å². The lowest BCUT2D eigenvalue weighted by Crippen LogP contribution is -2.44. The summed E-state index contributed by atoms with van der Waals surface area (Å²) in [5, 5.41) is 3.00. The van der Waals surface area contributed by atoms with E-state index in [1.807, 2.05) is 0 Å². The predicted molar refractivity (Wildman–Crippen MR) is 60.6 cm³/mol. The Kier molecular flexibility index (Phi) is 2.49. The number of nitrogens with one attached hydrogen (secondary N) is 1. The van der Waals surface area contributed by atoms with Crippen LogP contribution in [0.4, 0.5) is 0 Å². The summed E-state index contributed by atoms with van der Waals surface area (Å²) in [6.45, 7) is 0. The second-order valence-corrected chi connectivity index (χ2v) is 7.25. The van der Waals surface area contributed by atoms with Crippen molar-refractivity contribution in [3.05, 3.63) is 0 Å². The molecule has 0 aromatic carbocycles. The molecule has 0 radical (unpaired) electrons. The molecule has 2 aliphatic carbocycles. The maximum atomic E-state index is 12.0. The van der Waals surface area contributed by atoms with Gasteiger partial charge in [0.25, 0.3) is 10.1 Å². The minimum Gasteiger partial charge on any atom is -0.353 e.